The second-order valence-electron chi connectivity index (χ2n) is 5.12. The van der Waals surface area contributed by atoms with Crippen LogP contribution in [0, 0.1) is 6.92 Å². The molecule has 2 atom stereocenters. The molecule has 1 aromatic rings. The first-order valence-electron chi connectivity index (χ1n) is 6.72. The fourth-order valence-corrected chi connectivity index (χ4v) is 5.76. The number of sulfonamides is 1. The van der Waals surface area contributed by atoms with Crippen LogP contribution in [0.2, 0.25) is 0 Å². The van der Waals surface area contributed by atoms with E-state index in [9.17, 15) is 8.42 Å². The summed E-state index contributed by atoms with van der Waals surface area (Å²) in [7, 11) is -1.45. The summed E-state index contributed by atoms with van der Waals surface area (Å²) in [5, 5.41) is 3.19. The molecule has 19 heavy (non-hydrogen) atoms. The Labute approximate surface area is 119 Å². The lowest BCUT2D eigenvalue weighted by Gasteiger charge is -2.37. The lowest BCUT2D eigenvalue weighted by atomic mass is 9.99. The molecule has 1 fully saturated rings. The summed E-state index contributed by atoms with van der Waals surface area (Å²) in [6.45, 7) is 4.63. The van der Waals surface area contributed by atoms with Crippen LogP contribution >= 0.6 is 11.3 Å². The first kappa shape index (κ1) is 15.0. The normalized spacial score (nSPS) is 23.4. The quantitative estimate of drug-likeness (QED) is 0.927. The molecule has 2 heterocycles. The lowest BCUT2D eigenvalue weighted by molar-refractivity contribution is 0.214. The Morgan fingerprint density at radius 2 is 2.16 bits per heavy atom. The highest BCUT2D eigenvalue weighted by atomic mass is 32.2. The largest absolute Gasteiger partial charge is 0.316 e. The molecule has 2 unspecified atom stereocenters. The molecular formula is C13H22N2O2S2. The Morgan fingerprint density at radius 1 is 1.42 bits per heavy atom. The maximum atomic E-state index is 12.7. The van der Waals surface area contributed by atoms with E-state index in [-0.39, 0.29) is 12.1 Å². The summed E-state index contributed by atoms with van der Waals surface area (Å²) >= 11 is 1.36. The van der Waals surface area contributed by atoms with Gasteiger partial charge in [-0.1, -0.05) is 6.42 Å². The molecule has 0 radical (unpaired) electrons. The molecule has 0 amide bonds. The molecule has 2 rings (SSSR count). The van der Waals surface area contributed by atoms with Gasteiger partial charge in [-0.05, 0) is 45.9 Å². The monoisotopic (exact) mass is 302 g/mol. The van der Waals surface area contributed by atoms with Crippen LogP contribution in [0.25, 0.3) is 0 Å². The van der Waals surface area contributed by atoms with Gasteiger partial charge in [-0.3, -0.25) is 0 Å². The minimum Gasteiger partial charge on any atom is -0.316 e. The van der Waals surface area contributed by atoms with Gasteiger partial charge in [0, 0.05) is 23.5 Å². The fraction of sp³-hybridized carbons (Fsp3) is 0.692. The summed E-state index contributed by atoms with van der Waals surface area (Å²) in [5.74, 6) is 0. The number of piperidine rings is 1. The molecular weight excluding hydrogens is 280 g/mol. The number of hydrogen-bond donors (Lipinski definition) is 1. The third-order valence-corrected chi connectivity index (χ3v) is 7.20. The van der Waals surface area contributed by atoms with Gasteiger partial charge in [-0.15, -0.1) is 11.3 Å². The number of thiophene rings is 1. The molecule has 1 aliphatic heterocycles. The van der Waals surface area contributed by atoms with Crippen molar-refractivity contribution in [3.8, 4) is 0 Å². The summed E-state index contributed by atoms with van der Waals surface area (Å²) < 4.78 is 27.6. The molecule has 1 aliphatic rings. The molecule has 108 valence electrons. The lowest BCUT2D eigenvalue weighted by Crippen LogP contribution is -2.52. The number of rotatable bonds is 4. The molecule has 4 nitrogen and oxygen atoms in total. The van der Waals surface area contributed by atoms with E-state index in [1.54, 1.807) is 10.4 Å². The third-order valence-electron chi connectivity index (χ3n) is 3.81. The molecule has 1 saturated heterocycles. The summed E-state index contributed by atoms with van der Waals surface area (Å²) in [4.78, 5) is 1.04. The molecule has 0 saturated carbocycles. The molecule has 0 spiro atoms. The highest BCUT2D eigenvalue weighted by molar-refractivity contribution is 7.91. The average molecular weight is 302 g/mol. The minimum atomic E-state index is -3.33. The van der Waals surface area contributed by atoms with E-state index >= 15 is 0 Å². The molecule has 0 bridgehead atoms. The standard InChI is InChI=1S/C13H22N2O2S2/c1-10-7-8-13(18-10)19(16,17)15-9-5-4-6-12(15)11(2)14-3/h7-8,11-12,14H,4-6,9H2,1-3H3. The maximum absolute atomic E-state index is 12.7. The summed E-state index contributed by atoms with van der Waals surface area (Å²) in [6, 6.07) is 3.84. The Kier molecular flexibility index (Phi) is 4.66. The van der Waals surface area contributed by atoms with Gasteiger partial charge in [-0.25, -0.2) is 8.42 Å². The van der Waals surface area contributed by atoms with Crippen LogP contribution in [0.5, 0.6) is 0 Å². The number of hydrogen-bond acceptors (Lipinski definition) is 4. The van der Waals surface area contributed by atoms with Crippen molar-refractivity contribution < 1.29 is 8.42 Å². The van der Waals surface area contributed by atoms with Crippen molar-refractivity contribution in [3.05, 3.63) is 17.0 Å². The predicted molar refractivity (Wildman–Crippen MR) is 79.1 cm³/mol. The van der Waals surface area contributed by atoms with E-state index in [4.69, 9.17) is 0 Å². The van der Waals surface area contributed by atoms with Crippen LogP contribution in [-0.4, -0.2) is 38.4 Å². The highest BCUT2D eigenvalue weighted by Crippen LogP contribution is 2.30. The zero-order valence-electron chi connectivity index (χ0n) is 11.7. The number of nitrogens with zero attached hydrogens (tertiary/aromatic N) is 1. The highest BCUT2D eigenvalue weighted by Gasteiger charge is 2.36. The van der Waals surface area contributed by atoms with Crippen molar-refractivity contribution in [3.63, 3.8) is 0 Å². The van der Waals surface area contributed by atoms with Crippen LogP contribution in [0.3, 0.4) is 0 Å². The van der Waals surface area contributed by atoms with Crippen molar-refractivity contribution in [1.29, 1.82) is 0 Å². The molecule has 1 aromatic heterocycles. The van der Waals surface area contributed by atoms with Gasteiger partial charge in [0.15, 0.2) is 0 Å². The second-order valence-corrected chi connectivity index (χ2v) is 8.53. The SMILES string of the molecule is CNC(C)C1CCCCN1S(=O)(=O)c1ccc(C)s1. The van der Waals surface area contributed by atoms with Gasteiger partial charge in [0.1, 0.15) is 4.21 Å². The molecule has 6 heteroatoms. The summed E-state index contributed by atoms with van der Waals surface area (Å²) in [6.07, 6.45) is 2.99. The van der Waals surface area contributed by atoms with E-state index in [0.29, 0.717) is 10.8 Å². The minimum absolute atomic E-state index is 0.0613. The third kappa shape index (κ3) is 3.02. The Bertz CT molecular complexity index is 525. The van der Waals surface area contributed by atoms with E-state index in [1.807, 2.05) is 20.0 Å². The Hall–Kier alpha value is -0.430. The van der Waals surface area contributed by atoms with Crippen LogP contribution in [0.4, 0.5) is 0 Å². The first-order chi connectivity index (χ1) is 8.96. The van der Waals surface area contributed by atoms with Gasteiger partial charge < -0.3 is 5.32 Å². The van der Waals surface area contributed by atoms with Crippen molar-refractivity contribution >= 4 is 21.4 Å². The van der Waals surface area contributed by atoms with Crippen molar-refractivity contribution in [2.45, 2.75) is 49.4 Å². The van der Waals surface area contributed by atoms with Gasteiger partial charge in [0.25, 0.3) is 10.0 Å². The number of aryl methyl sites for hydroxylation is 1. The van der Waals surface area contributed by atoms with E-state index in [1.165, 1.54) is 11.3 Å². The van der Waals surface area contributed by atoms with Gasteiger partial charge in [-0.2, -0.15) is 4.31 Å². The number of likely N-dealkylation sites (N-methyl/N-ethyl adjacent to an activating group) is 1. The summed E-state index contributed by atoms with van der Waals surface area (Å²) in [5.41, 5.74) is 0. The van der Waals surface area contributed by atoms with Crippen LogP contribution in [0.15, 0.2) is 16.3 Å². The number of nitrogens with one attached hydrogen (secondary N) is 1. The second kappa shape index (κ2) is 5.91. The topological polar surface area (TPSA) is 49.4 Å². The van der Waals surface area contributed by atoms with Crippen molar-refractivity contribution in [2.75, 3.05) is 13.6 Å². The maximum Gasteiger partial charge on any atom is 0.252 e. The molecule has 1 N–H and O–H groups in total. The predicted octanol–water partition coefficient (Wildman–Crippen LogP) is 2.21. The van der Waals surface area contributed by atoms with Crippen LogP contribution < -0.4 is 5.32 Å². The van der Waals surface area contributed by atoms with Gasteiger partial charge in [0.2, 0.25) is 0 Å². The van der Waals surface area contributed by atoms with E-state index < -0.39 is 10.0 Å². The van der Waals surface area contributed by atoms with Crippen LogP contribution in [0.1, 0.15) is 31.1 Å². The van der Waals surface area contributed by atoms with Crippen molar-refractivity contribution in [1.82, 2.24) is 9.62 Å². The first-order valence-corrected chi connectivity index (χ1v) is 8.98. The molecule has 0 aliphatic carbocycles. The van der Waals surface area contributed by atoms with E-state index in [0.717, 1.165) is 24.1 Å². The molecule has 0 aromatic carbocycles. The Morgan fingerprint density at radius 3 is 2.74 bits per heavy atom. The van der Waals surface area contributed by atoms with Crippen molar-refractivity contribution in [2.24, 2.45) is 0 Å². The zero-order valence-corrected chi connectivity index (χ0v) is 13.4. The zero-order chi connectivity index (χ0) is 14.0. The Balaban J connectivity index is 2.31. The van der Waals surface area contributed by atoms with Gasteiger partial charge in [0.05, 0.1) is 0 Å². The fourth-order valence-electron chi connectivity index (χ4n) is 2.59. The average Bonchev–Trinajstić information content (AvgIpc) is 2.85. The van der Waals surface area contributed by atoms with Gasteiger partial charge >= 0.3 is 0 Å². The van der Waals surface area contributed by atoms with E-state index in [2.05, 4.69) is 12.2 Å². The smallest absolute Gasteiger partial charge is 0.252 e. The van der Waals surface area contributed by atoms with Crippen LogP contribution in [-0.2, 0) is 10.0 Å².